The van der Waals surface area contributed by atoms with Crippen molar-refractivity contribution in [1.82, 2.24) is 58.7 Å². The molecule has 2 aliphatic rings. The molecule has 0 unspecified atom stereocenters. The Balaban J connectivity index is 0.000000136. The van der Waals surface area contributed by atoms with E-state index in [9.17, 15) is 38.2 Å². The summed E-state index contributed by atoms with van der Waals surface area (Å²) < 4.78 is 37.6. The zero-order valence-corrected chi connectivity index (χ0v) is 51.0. The fourth-order valence-electron chi connectivity index (χ4n) is 9.35. The Hall–Kier alpha value is -10.8. The Morgan fingerprint density at radius 3 is 1.85 bits per heavy atom. The lowest BCUT2D eigenvalue weighted by atomic mass is 10.0. The average Bonchev–Trinajstić information content (AvgIpc) is 1.45. The van der Waals surface area contributed by atoms with E-state index >= 15 is 0 Å². The van der Waals surface area contributed by atoms with Crippen molar-refractivity contribution in [3.05, 3.63) is 208 Å². The summed E-state index contributed by atoms with van der Waals surface area (Å²) in [5.41, 5.74) is 3.45. The van der Waals surface area contributed by atoms with Crippen LogP contribution < -0.4 is 48.7 Å². The molecule has 0 saturated heterocycles. The van der Waals surface area contributed by atoms with Gasteiger partial charge in [0.1, 0.15) is 40.5 Å². The number of anilines is 6. The van der Waals surface area contributed by atoms with Crippen LogP contribution in [-0.4, -0.2) is 92.7 Å². The number of aromatic nitrogens is 12. The highest BCUT2D eigenvalue weighted by molar-refractivity contribution is 6.31. The summed E-state index contributed by atoms with van der Waals surface area (Å²) in [6, 6.07) is 27.0. The van der Waals surface area contributed by atoms with Gasteiger partial charge in [-0.05, 0) is 111 Å². The third kappa shape index (κ3) is 14.0. The number of fused-ring (bicyclic) bond motifs is 5. The van der Waals surface area contributed by atoms with Gasteiger partial charge in [-0.25, -0.2) is 37.9 Å². The number of halogens is 5. The van der Waals surface area contributed by atoms with Gasteiger partial charge >= 0.3 is 17.3 Å². The van der Waals surface area contributed by atoms with Crippen LogP contribution in [0.3, 0.4) is 0 Å². The maximum absolute atomic E-state index is 14.3. The van der Waals surface area contributed by atoms with Gasteiger partial charge < -0.3 is 40.9 Å². The van der Waals surface area contributed by atoms with E-state index in [0.717, 1.165) is 57.6 Å². The van der Waals surface area contributed by atoms with Crippen LogP contribution in [0.2, 0.25) is 15.1 Å². The quantitative estimate of drug-likeness (QED) is 0.0286. The van der Waals surface area contributed by atoms with Crippen molar-refractivity contribution >= 4 is 126 Å². The van der Waals surface area contributed by atoms with Gasteiger partial charge in [0.2, 0.25) is 11.8 Å². The van der Waals surface area contributed by atoms with Crippen molar-refractivity contribution in [2.75, 3.05) is 16.0 Å². The SMILES string of the molecule is CC(=O)c1ccc2c(c1)nc(Nc1cccc(Cl)c1)c1ccncc12.CC(C)C(=O)OCn1c(O)c(C=c2cnn3c(=NC4CC4)cc(Nc4cc(Cl)ccc4F)nc23)[nH]c1=O.O=c1[nH]c(O)c(C=c2cnn3c(=NC4CC4)cc(Nc4cc(Cl)ccc4F)nc23)[nH]1. The van der Waals surface area contributed by atoms with E-state index in [4.69, 9.17) is 44.5 Å². The number of rotatable bonds is 14. The second-order valence-corrected chi connectivity index (χ2v) is 23.0. The molecule has 29 heteroatoms. The van der Waals surface area contributed by atoms with Crippen molar-refractivity contribution in [3.8, 4) is 11.8 Å². The highest BCUT2D eigenvalue weighted by atomic mass is 35.5. The Labute approximate surface area is 532 Å². The number of hydrogen-bond acceptors (Lipinski definition) is 18. The zero-order chi connectivity index (χ0) is 64.5. The summed E-state index contributed by atoms with van der Waals surface area (Å²) in [4.78, 5) is 81.9. The van der Waals surface area contributed by atoms with E-state index in [1.807, 2.05) is 54.7 Å². The van der Waals surface area contributed by atoms with Gasteiger partial charge in [0.25, 0.3) is 0 Å². The minimum absolute atomic E-state index is 0.0133. The Morgan fingerprint density at radius 1 is 0.696 bits per heavy atom. The summed E-state index contributed by atoms with van der Waals surface area (Å²) in [5.74, 6) is -1.21. The molecule has 2 saturated carbocycles. The summed E-state index contributed by atoms with van der Waals surface area (Å²) in [6.45, 7) is 4.43. The monoisotopic (exact) mass is 1300 g/mol. The Morgan fingerprint density at radius 2 is 1.29 bits per heavy atom. The van der Waals surface area contributed by atoms with Crippen LogP contribution >= 0.6 is 34.8 Å². The first-order valence-corrected chi connectivity index (χ1v) is 29.6. The number of ketones is 1. The number of carbonyl (C=O) groups is 2. The third-order valence-electron chi connectivity index (χ3n) is 14.3. The molecule has 2 aliphatic carbocycles. The van der Waals surface area contributed by atoms with E-state index in [1.54, 1.807) is 49.8 Å². The van der Waals surface area contributed by atoms with Crippen molar-refractivity contribution in [2.24, 2.45) is 15.9 Å². The number of H-pyrrole nitrogens is 3. The molecule has 24 nitrogen and oxygen atoms in total. The number of aromatic hydroxyl groups is 2. The summed E-state index contributed by atoms with van der Waals surface area (Å²) in [5, 5.41) is 43.6. The number of nitrogens with one attached hydrogen (secondary N) is 6. The molecule has 0 aliphatic heterocycles. The highest BCUT2D eigenvalue weighted by Gasteiger charge is 2.23. The molecule has 12 aromatic rings. The molecule has 8 N–H and O–H groups in total. The largest absolute Gasteiger partial charge is 0.493 e. The van der Waals surface area contributed by atoms with Crippen molar-refractivity contribution in [1.29, 1.82) is 0 Å². The second kappa shape index (κ2) is 25.9. The first-order chi connectivity index (χ1) is 44.3. The molecule has 92 heavy (non-hydrogen) atoms. The summed E-state index contributed by atoms with van der Waals surface area (Å²) in [7, 11) is 0. The average molecular weight is 1300 g/mol. The highest BCUT2D eigenvalue weighted by Crippen LogP contribution is 2.32. The molecule has 8 aromatic heterocycles. The Bertz CT molecular complexity index is 5290. The lowest BCUT2D eigenvalue weighted by molar-refractivity contribution is -0.151. The molecular formula is C63H52Cl3F2N17O7. The molecule has 0 radical (unpaired) electrons. The van der Waals surface area contributed by atoms with E-state index in [0.29, 0.717) is 70.8 Å². The number of benzene rings is 4. The normalized spacial score (nSPS) is 13.8. The van der Waals surface area contributed by atoms with Crippen LogP contribution in [0.25, 0.3) is 45.1 Å². The number of Topliss-reactive ketones (excluding diaryl/α,β-unsaturated/α-hetero) is 1. The predicted octanol–water partition coefficient (Wildman–Crippen LogP) is 9.21. The molecule has 14 rings (SSSR count). The number of carbonyl (C=O) groups excluding carboxylic acids is 2. The van der Waals surface area contributed by atoms with Gasteiger partial charge in [-0.3, -0.25) is 29.5 Å². The van der Waals surface area contributed by atoms with Gasteiger partial charge in [0, 0.05) is 77.4 Å². The van der Waals surface area contributed by atoms with Gasteiger partial charge in [0.15, 0.2) is 34.8 Å². The minimum Gasteiger partial charge on any atom is -0.493 e. The molecule has 0 bridgehead atoms. The van der Waals surface area contributed by atoms with Crippen molar-refractivity contribution < 1.29 is 33.3 Å². The van der Waals surface area contributed by atoms with Crippen LogP contribution in [-0.2, 0) is 16.3 Å². The summed E-state index contributed by atoms with van der Waals surface area (Å²) in [6.07, 6.45) is 13.5. The minimum atomic E-state index is -0.659. The molecule has 466 valence electrons. The van der Waals surface area contributed by atoms with E-state index in [1.165, 1.54) is 59.3 Å². The molecular weight excluding hydrogens is 1250 g/mol. The molecule has 2 fully saturated rings. The van der Waals surface area contributed by atoms with Gasteiger partial charge in [-0.15, -0.1) is 0 Å². The topological polar surface area (TPSA) is 317 Å². The summed E-state index contributed by atoms with van der Waals surface area (Å²) >= 11 is 18.1. The number of ether oxygens (including phenoxy) is 1. The first-order valence-electron chi connectivity index (χ1n) is 28.5. The standard InChI is InChI=1S/C24H23ClFN7O4.C20H14ClN3O.C19H15ClFN7O2/c1-12(2)23(35)37-11-32-22(34)18(30-24(32)36)7-13-10-27-33-20(28-15-4-5-15)9-19(31-21(13)33)29-17-8-14(25)3-6-16(17)26;1-12(25)13-5-6-16-18-11-22-8-7-17(18)20(24-19(16)9-13)23-15-4-2-3-14(21)10-15;20-10-1-4-12(21)13(6-10)24-15-7-16(23-11-2-3-11)28-17(26-15)9(8-22-28)5-14-18(29)27-19(30)25-14/h3,6-10,12,15,29,34H,4-5,11H2,1-2H3,(H,30,36);2-11H,1H3,(H,23,24);1,4-8,11,24,29H,2-3H2,(H2,25,27,30). The fraction of sp³-hybridized carbons (Fsp3) is 0.175. The maximum Gasteiger partial charge on any atom is 0.331 e. The van der Waals surface area contributed by atoms with E-state index < -0.39 is 41.6 Å². The van der Waals surface area contributed by atoms with Crippen LogP contribution in [0.15, 0.2) is 141 Å². The third-order valence-corrected chi connectivity index (χ3v) is 15.0. The number of esters is 1. The number of aromatic amines is 3. The van der Waals surface area contributed by atoms with Crippen LogP contribution in [0.1, 0.15) is 68.2 Å². The van der Waals surface area contributed by atoms with Crippen LogP contribution in [0, 0.1) is 17.6 Å². The number of imidazole rings is 2. The fourth-order valence-corrected chi connectivity index (χ4v) is 9.89. The van der Waals surface area contributed by atoms with Crippen LogP contribution in [0.4, 0.5) is 43.3 Å². The first kappa shape index (κ1) is 61.4. The molecule has 0 spiro atoms. The van der Waals surface area contributed by atoms with Crippen LogP contribution in [0.5, 0.6) is 11.8 Å². The number of hydrogen-bond donors (Lipinski definition) is 8. The van der Waals surface area contributed by atoms with Gasteiger partial charge in [-0.1, -0.05) is 66.8 Å². The molecule has 8 heterocycles. The van der Waals surface area contributed by atoms with Gasteiger partial charge in [0.05, 0.1) is 47.3 Å². The Kier molecular flexibility index (Phi) is 17.3. The van der Waals surface area contributed by atoms with E-state index in [-0.39, 0.29) is 52.4 Å². The number of nitrogens with zero attached hydrogens (tertiary/aromatic N) is 11. The molecule has 4 aromatic carbocycles. The smallest absolute Gasteiger partial charge is 0.331 e. The lowest BCUT2D eigenvalue weighted by Crippen LogP contribution is -2.21. The van der Waals surface area contributed by atoms with Crippen molar-refractivity contribution in [2.45, 2.75) is 65.3 Å². The molecule has 0 atom stereocenters. The second-order valence-electron chi connectivity index (χ2n) is 21.7. The maximum atomic E-state index is 14.3. The van der Waals surface area contributed by atoms with Gasteiger partial charge in [-0.2, -0.15) is 19.2 Å². The molecule has 0 amide bonds. The lowest BCUT2D eigenvalue weighted by Gasteiger charge is -2.12. The predicted molar refractivity (Wildman–Crippen MR) is 343 cm³/mol. The zero-order valence-electron chi connectivity index (χ0n) is 48.7. The van der Waals surface area contributed by atoms with E-state index in [2.05, 4.69) is 66.0 Å². The van der Waals surface area contributed by atoms with Crippen molar-refractivity contribution in [3.63, 3.8) is 0 Å². The number of pyridine rings is 2.